The molecular weight excluding hydrogens is 310 g/mol. The molecule has 1 aliphatic rings. The van der Waals surface area contributed by atoms with E-state index < -0.39 is 21.4 Å². The third kappa shape index (κ3) is 3.25. The minimum absolute atomic E-state index is 0.0601. The molecule has 1 aromatic carbocycles. The van der Waals surface area contributed by atoms with Gasteiger partial charge in [0.1, 0.15) is 0 Å². The van der Waals surface area contributed by atoms with Crippen LogP contribution in [0.5, 0.6) is 0 Å². The van der Waals surface area contributed by atoms with Gasteiger partial charge in [0, 0.05) is 12.3 Å². The molecule has 1 aromatic rings. The zero-order valence-electron chi connectivity index (χ0n) is 12.2. The minimum atomic E-state index is -3.76. The summed E-state index contributed by atoms with van der Waals surface area (Å²) in [4.78, 5) is 11.3. The molecule has 1 atom stereocenters. The molecule has 0 bridgehead atoms. The van der Waals surface area contributed by atoms with E-state index >= 15 is 0 Å². The van der Waals surface area contributed by atoms with Crippen LogP contribution in [-0.2, 0) is 20.2 Å². The summed E-state index contributed by atoms with van der Waals surface area (Å²) in [5.41, 5.74) is 0.974. The molecule has 1 heterocycles. The summed E-state index contributed by atoms with van der Waals surface area (Å²) in [5, 5.41) is 8.09. The Hall–Kier alpha value is -1.05. The summed E-state index contributed by atoms with van der Waals surface area (Å²) in [6.45, 7) is 6.38. The summed E-state index contributed by atoms with van der Waals surface area (Å²) < 4.78 is 26.2. The van der Waals surface area contributed by atoms with Crippen molar-refractivity contribution in [3.05, 3.63) is 29.8 Å². The van der Waals surface area contributed by atoms with Gasteiger partial charge in [-0.3, -0.25) is 0 Å². The molecule has 21 heavy (non-hydrogen) atoms. The lowest BCUT2D eigenvalue weighted by Crippen LogP contribution is -2.39. The largest absolute Gasteiger partial charge is 0.479 e. The van der Waals surface area contributed by atoms with E-state index in [9.17, 15) is 13.2 Å². The minimum Gasteiger partial charge on any atom is -0.479 e. The molecule has 0 aromatic heterocycles. The highest BCUT2D eigenvalue weighted by Crippen LogP contribution is 2.31. The lowest BCUT2D eigenvalue weighted by atomic mass is 9.87. The van der Waals surface area contributed by atoms with Gasteiger partial charge in [-0.2, -0.15) is 4.31 Å². The lowest BCUT2D eigenvalue weighted by Gasteiger charge is -2.22. The van der Waals surface area contributed by atoms with Gasteiger partial charge in [-0.25, -0.2) is 13.2 Å². The molecule has 1 fully saturated rings. The Kier molecular flexibility index (Phi) is 4.37. The van der Waals surface area contributed by atoms with Crippen molar-refractivity contribution in [2.45, 2.75) is 36.5 Å². The van der Waals surface area contributed by atoms with E-state index in [1.807, 2.05) is 20.8 Å². The number of rotatable bonds is 3. The molecule has 0 aliphatic carbocycles. The second-order valence-corrected chi connectivity index (χ2v) is 9.03. The zero-order valence-corrected chi connectivity index (χ0v) is 13.9. The summed E-state index contributed by atoms with van der Waals surface area (Å²) in [6, 6.07) is 6.67. The van der Waals surface area contributed by atoms with Gasteiger partial charge in [0.15, 0.2) is 5.37 Å². The fourth-order valence-electron chi connectivity index (χ4n) is 2.16. The Bertz CT molecular complexity index is 632. The number of carbonyl (C=O) groups is 1. The van der Waals surface area contributed by atoms with Crippen molar-refractivity contribution in [1.29, 1.82) is 0 Å². The fourth-order valence-corrected chi connectivity index (χ4v) is 5.16. The predicted molar refractivity (Wildman–Crippen MR) is 82.9 cm³/mol. The third-order valence-electron chi connectivity index (χ3n) is 3.39. The van der Waals surface area contributed by atoms with E-state index in [1.165, 1.54) is 0 Å². The van der Waals surface area contributed by atoms with Crippen LogP contribution in [0.3, 0.4) is 0 Å². The van der Waals surface area contributed by atoms with Crippen molar-refractivity contribution in [3.8, 4) is 0 Å². The molecule has 0 amide bonds. The smallest absolute Gasteiger partial charge is 0.332 e. The van der Waals surface area contributed by atoms with Gasteiger partial charge in [0.2, 0.25) is 10.0 Å². The van der Waals surface area contributed by atoms with E-state index in [0.717, 1.165) is 21.6 Å². The summed E-state index contributed by atoms with van der Waals surface area (Å²) in [6.07, 6.45) is 0. The fraction of sp³-hybridized carbons (Fsp3) is 0.500. The molecule has 5 nitrogen and oxygen atoms in total. The van der Waals surface area contributed by atoms with Gasteiger partial charge in [0.05, 0.1) is 4.90 Å². The highest BCUT2D eigenvalue weighted by molar-refractivity contribution is 8.02. The molecule has 1 saturated heterocycles. The SMILES string of the molecule is CC(C)(C)c1ccc(S(=O)(=O)N2CCSC2C(=O)O)cc1. The first-order valence-electron chi connectivity index (χ1n) is 6.61. The van der Waals surface area contributed by atoms with Crippen LogP contribution in [-0.4, -0.2) is 41.5 Å². The Labute approximate surface area is 129 Å². The molecule has 116 valence electrons. The second-order valence-electron chi connectivity index (χ2n) is 5.95. The maximum atomic E-state index is 12.6. The van der Waals surface area contributed by atoms with Crippen molar-refractivity contribution < 1.29 is 18.3 Å². The van der Waals surface area contributed by atoms with Gasteiger partial charge >= 0.3 is 5.97 Å². The number of benzene rings is 1. The van der Waals surface area contributed by atoms with Crippen molar-refractivity contribution in [2.75, 3.05) is 12.3 Å². The number of hydrogen-bond donors (Lipinski definition) is 1. The van der Waals surface area contributed by atoms with Crippen LogP contribution in [0.4, 0.5) is 0 Å². The Morgan fingerprint density at radius 3 is 2.33 bits per heavy atom. The molecule has 2 rings (SSSR count). The molecule has 1 aliphatic heterocycles. The third-order valence-corrected chi connectivity index (χ3v) is 6.59. The molecular formula is C14H19NO4S2. The van der Waals surface area contributed by atoms with Gasteiger partial charge in [-0.05, 0) is 23.1 Å². The first-order valence-corrected chi connectivity index (χ1v) is 9.10. The van der Waals surface area contributed by atoms with Gasteiger partial charge < -0.3 is 5.11 Å². The average Bonchev–Trinajstić information content (AvgIpc) is 2.88. The van der Waals surface area contributed by atoms with Gasteiger partial charge in [-0.1, -0.05) is 32.9 Å². The maximum absolute atomic E-state index is 12.6. The number of nitrogens with zero attached hydrogens (tertiary/aromatic N) is 1. The summed E-state index contributed by atoms with van der Waals surface area (Å²) in [7, 11) is -3.76. The second kappa shape index (κ2) is 5.62. The summed E-state index contributed by atoms with van der Waals surface area (Å²) in [5.74, 6) is -0.622. The first kappa shape index (κ1) is 16.3. The van der Waals surface area contributed by atoms with E-state index in [4.69, 9.17) is 5.11 Å². The van der Waals surface area contributed by atoms with Crippen LogP contribution in [0, 0.1) is 0 Å². The van der Waals surface area contributed by atoms with Crippen LogP contribution in [0.1, 0.15) is 26.3 Å². The van der Waals surface area contributed by atoms with Crippen molar-refractivity contribution in [1.82, 2.24) is 4.31 Å². The molecule has 0 radical (unpaired) electrons. The maximum Gasteiger partial charge on any atom is 0.332 e. The van der Waals surface area contributed by atoms with E-state index in [2.05, 4.69) is 0 Å². The van der Waals surface area contributed by atoms with Gasteiger partial charge in [-0.15, -0.1) is 11.8 Å². The monoisotopic (exact) mass is 329 g/mol. The Morgan fingerprint density at radius 2 is 1.86 bits per heavy atom. The predicted octanol–water partition coefficient (Wildman–Crippen LogP) is 2.13. The average molecular weight is 329 g/mol. The van der Waals surface area contributed by atoms with Crippen molar-refractivity contribution in [3.63, 3.8) is 0 Å². The molecule has 1 N–H and O–H groups in total. The van der Waals surface area contributed by atoms with Gasteiger partial charge in [0.25, 0.3) is 0 Å². The molecule has 0 spiro atoms. The highest BCUT2D eigenvalue weighted by atomic mass is 32.2. The quantitative estimate of drug-likeness (QED) is 0.919. The van der Waals surface area contributed by atoms with E-state index in [-0.39, 0.29) is 16.9 Å². The summed E-state index contributed by atoms with van der Waals surface area (Å²) >= 11 is 1.13. The number of aliphatic carboxylic acids is 1. The zero-order chi connectivity index (χ0) is 15.8. The van der Waals surface area contributed by atoms with Crippen molar-refractivity contribution in [2.24, 2.45) is 0 Å². The van der Waals surface area contributed by atoms with Crippen LogP contribution in [0.2, 0.25) is 0 Å². The normalized spacial score (nSPS) is 20.6. The number of carboxylic acid groups (broad SMARTS) is 1. The molecule has 7 heteroatoms. The van der Waals surface area contributed by atoms with Crippen LogP contribution < -0.4 is 0 Å². The molecule has 0 saturated carbocycles. The first-order chi connectivity index (χ1) is 9.64. The lowest BCUT2D eigenvalue weighted by molar-refractivity contribution is -0.138. The van der Waals surface area contributed by atoms with Crippen LogP contribution in [0.25, 0.3) is 0 Å². The van der Waals surface area contributed by atoms with Crippen LogP contribution >= 0.6 is 11.8 Å². The standard InChI is InChI=1S/C14H19NO4S2/c1-14(2,3)10-4-6-11(7-5-10)21(18,19)15-8-9-20-12(15)13(16)17/h4-7,12H,8-9H2,1-3H3,(H,16,17). The van der Waals surface area contributed by atoms with E-state index in [1.54, 1.807) is 24.3 Å². The Balaban J connectivity index is 2.34. The Morgan fingerprint density at radius 1 is 1.29 bits per heavy atom. The van der Waals surface area contributed by atoms with Crippen molar-refractivity contribution >= 4 is 27.8 Å². The molecule has 1 unspecified atom stereocenters. The van der Waals surface area contributed by atoms with Crippen LogP contribution in [0.15, 0.2) is 29.2 Å². The number of sulfonamides is 1. The highest BCUT2D eigenvalue weighted by Gasteiger charge is 2.40. The van der Waals surface area contributed by atoms with E-state index in [0.29, 0.717) is 5.75 Å². The number of hydrogen-bond acceptors (Lipinski definition) is 4. The topological polar surface area (TPSA) is 74.7 Å². The number of carboxylic acids is 1. The number of thioether (sulfide) groups is 1.